The van der Waals surface area contributed by atoms with Crippen LogP contribution in [0, 0.1) is 13.8 Å². The smallest absolute Gasteiger partial charge is 0.242 e. The molecule has 0 aromatic carbocycles. The number of imidazole rings is 1. The van der Waals surface area contributed by atoms with Gasteiger partial charge in [0.25, 0.3) is 0 Å². The van der Waals surface area contributed by atoms with E-state index in [1.807, 2.05) is 35.6 Å². The van der Waals surface area contributed by atoms with Gasteiger partial charge in [-0.25, -0.2) is 15.0 Å². The summed E-state index contributed by atoms with van der Waals surface area (Å²) in [5.74, 6) is 1.61. The molecule has 1 amide bonds. The van der Waals surface area contributed by atoms with E-state index >= 15 is 0 Å². The molecule has 0 N–H and O–H groups in total. The summed E-state index contributed by atoms with van der Waals surface area (Å²) in [6.07, 6.45) is 5.05. The van der Waals surface area contributed by atoms with Crippen LogP contribution in [0.25, 0.3) is 0 Å². The third-order valence-electron chi connectivity index (χ3n) is 3.78. The van der Waals surface area contributed by atoms with Crippen molar-refractivity contribution in [3.05, 3.63) is 42.0 Å². The molecule has 1 fully saturated rings. The number of carbonyl (C=O) groups excluding carboxylic acids is 1. The van der Waals surface area contributed by atoms with Gasteiger partial charge in [0.2, 0.25) is 5.91 Å². The number of nitrogens with zero attached hydrogens (tertiary/aromatic N) is 5. The van der Waals surface area contributed by atoms with Gasteiger partial charge < -0.3 is 14.2 Å². The Morgan fingerprint density at radius 1 is 1.36 bits per heavy atom. The topological polar surface area (TPSA) is 73.1 Å². The highest BCUT2D eigenvalue weighted by atomic mass is 16.5. The van der Waals surface area contributed by atoms with Crippen molar-refractivity contribution >= 4 is 5.91 Å². The number of amides is 1. The number of carbonyl (C=O) groups is 1. The van der Waals surface area contributed by atoms with E-state index in [0.717, 1.165) is 11.5 Å². The zero-order valence-corrected chi connectivity index (χ0v) is 12.8. The van der Waals surface area contributed by atoms with Gasteiger partial charge in [0.15, 0.2) is 0 Å². The van der Waals surface area contributed by atoms with Crippen LogP contribution in [-0.4, -0.2) is 50.0 Å². The van der Waals surface area contributed by atoms with Crippen LogP contribution in [0.1, 0.15) is 23.4 Å². The van der Waals surface area contributed by atoms with Gasteiger partial charge in [0.05, 0.1) is 18.8 Å². The Labute approximate surface area is 129 Å². The number of hydrogen-bond acceptors (Lipinski definition) is 5. The largest absolute Gasteiger partial charge is 0.368 e. The molecule has 0 aliphatic carbocycles. The second-order valence-corrected chi connectivity index (χ2v) is 5.33. The van der Waals surface area contributed by atoms with E-state index in [-0.39, 0.29) is 12.0 Å². The summed E-state index contributed by atoms with van der Waals surface area (Å²) in [6, 6.07) is 1.84. The second kappa shape index (κ2) is 6.23. The van der Waals surface area contributed by atoms with Crippen molar-refractivity contribution < 1.29 is 9.53 Å². The molecule has 0 radical (unpaired) electrons. The van der Waals surface area contributed by atoms with Crippen molar-refractivity contribution in [3.8, 4) is 0 Å². The molecule has 22 heavy (non-hydrogen) atoms. The van der Waals surface area contributed by atoms with Crippen LogP contribution in [0.15, 0.2) is 24.7 Å². The standard InChI is InChI=1S/C15H19N5O2/c1-11-16-4-3-13(18-11)14-9-20(7-8-22-14)15(21)10-19-6-5-17-12(19)2/h3-6,14H,7-10H2,1-2H3. The van der Waals surface area contributed by atoms with E-state index in [1.165, 1.54) is 0 Å². The lowest BCUT2D eigenvalue weighted by Crippen LogP contribution is -2.43. The maximum Gasteiger partial charge on any atom is 0.242 e. The maximum atomic E-state index is 12.5. The van der Waals surface area contributed by atoms with Crippen molar-refractivity contribution in [2.24, 2.45) is 0 Å². The Morgan fingerprint density at radius 2 is 2.23 bits per heavy atom. The number of aromatic nitrogens is 4. The Hall–Kier alpha value is -2.28. The van der Waals surface area contributed by atoms with Crippen molar-refractivity contribution in [2.75, 3.05) is 19.7 Å². The van der Waals surface area contributed by atoms with Crippen LogP contribution in [0.4, 0.5) is 0 Å². The molecule has 3 rings (SSSR count). The van der Waals surface area contributed by atoms with Gasteiger partial charge >= 0.3 is 0 Å². The van der Waals surface area contributed by atoms with Gasteiger partial charge in [0, 0.05) is 25.1 Å². The maximum absolute atomic E-state index is 12.5. The van der Waals surface area contributed by atoms with Crippen LogP contribution in [0.2, 0.25) is 0 Å². The molecule has 1 atom stereocenters. The molecule has 116 valence electrons. The monoisotopic (exact) mass is 301 g/mol. The number of morpholine rings is 1. The van der Waals surface area contributed by atoms with Crippen molar-refractivity contribution in [2.45, 2.75) is 26.5 Å². The summed E-state index contributed by atoms with van der Waals surface area (Å²) >= 11 is 0. The lowest BCUT2D eigenvalue weighted by Gasteiger charge is -2.32. The quantitative estimate of drug-likeness (QED) is 0.842. The fraction of sp³-hybridized carbons (Fsp3) is 0.467. The first kappa shape index (κ1) is 14.6. The van der Waals surface area contributed by atoms with E-state index in [2.05, 4.69) is 15.0 Å². The van der Waals surface area contributed by atoms with E-state index in [9.17, 15) is 4.79 Å². The fourth-order valence-corrected chi connectivity index (χ4v) is 2.53. The SMILES string of the molecule is Cc1nccc(C2CN(C(=O)Cn3ccnc3C)CCO2)n1. The highest BCUT2D eigenvalue weighted by molar-refractivity contribution is 5.76. The minimum Gasteiger partial charge on any atom is -0.368 e. The van der Waals surface area contributed by atoms with Gasteiger partial charge in [-0.1, -0.05) is 0 Å². The number of ether oxygens (including phenoxy) is 1. The average molecular weight is 301 g/mol. The molecular weight excluding hydrogens is 282 g/mol. The number of aryl methyl sites for hydroxylation is 2. The van der Waals surface area contributed by atoms with Crippen molar-refractivity contribution in [1.29, 1.82) is 0 Å². The summed E-state index contributed by atoms with van der Waals surface area (Å²) in [6.45, 7) is 5.68. The predicted octanol–water partition coefficient (Wildman–Crippen LogP) is 0.890. The van der Waals surface area contributed by atoms with Crippen molar-refractivity contribution in [3.63, 3.8) is 0 Å². The van der Waals surface area contributed by atoms with E-state index < -0.39 is 0 Å². The Bertz CT molecular complexity index is 669. The molecule has 1 unspecified atom stereocenters. The normalized spacial score (nSPS) is 18.5. The molecule has 2 aromatic rings. The van der Waals surface area contributed by atoms with Crippen LogP contribution in [0.3, 0.4) is 0 Å². The zero-order chi connectivity index (χ0) is 15.5. The molecule has 2 aromatic heterocycles. The third kappa shape index (κ3) is 3.14. The second-order valence-electron chi connectivity index (χ2n) is 5.33. The molecule has 3 heterocycles. The molecule has 1 saturated heterocycles. The predicted molar refractivity (Wildman–Crippen MR) is 79.0 cm³/mol. The molecular formula is C15H19N5O2. The van der Waals surface area contributed by atoms with Crippen molar-refractivity contribution in [1.82, 2.24) is 24.4 Å². The summed E-state index contributed by atoms with van der Waals surface area (Å²) in [4.78, 5) is 26.9. The van der Waals surface area contributed by atoms with Crippen LogP contribution in [-0.2, 0) is 16.1 Å². The molecule has 0 saturated carbocycles. The highest BCUT2D eigenvalue weighted by Crippen LogP contribution is 2.20. The minimum absolute atomic E-state index is 0.0696. The van der Waals surface area contributed by atoms with E-state index in [4.69, 9.17) is 4.74 Å². The van der Waals surface area contributed by atoms with Gasteiger partial charge in [-0.3, -0.25) is 4.79 Å². The average Bonchev–Trinajstić information content (AvgIpc) is 2.92. The van der Waals surface area contributed by atoms with Gasteiger partial charge in [0.1, 0.15) is 24.3 Å². The van der Waals surface area contributed by atoms with E-state index in [1.54, 1.807) is 12.4 Å². The lowest BCUT2D eigenvalue weighted by molar-refractivity contribution is -0.139. The first-order valence-electron chi connectivity index (χ1n) is 7.30. The van der Waals surface area contributed by atoms with E-state index in [0.29, 0.717) is 32.1 Å². The third-order valence-corrected chi connectivity index (χ3v) is 3.78. The van der Waals surface area contributed by atoms with Crippen LogP contribution in [0.5, 0.6) is 0 Å². The molecule has 7 nitrogen and oxygen atoms in total. The zero-order valence-electron chi connectivity index (χ0n) is 12.8. The fourth-order valence-electron chi connectivity index (χ4n) is 2.53. The summed E-state index contributed by atoms with van der Waals surface area (Å²) in [7, 11) is 0. The summed E-state index contributed by atoms with van der Waals surface area (Å²) in [5, 5.41) is 0. The van der Waals surface area contributed by atoms with Crippen LogP contribution < -0.4 is 0 Å². The van der Waals surface area contributed by atoms with Crippen LogP contribution >= 0.6 is 0 Å². The Morgan fingerprint density at radius 3 is 2.95 bits per heavy atom. The minimum atomic E-state index is -0.191. The molecule has 0 spiro atoms. The molecule has 7 heteroatoms. The first-order valence-corrected chi connectivity index (χ1v) is 7.30. The van der Waals surface area contributed by atoms with Gasteiger partial charge in [-0.2, -0.15) is 0 Å². The Kier molecular flexibility index (Phi) is 4.15. The Balaban J connectivity index is 1.67. The number of hydrogen-bond donors (Lipinski definition) is 0. The number of rotatable bonds is 3. The molecule has 0 bridgehead atoms. The van der Waals surface area contributed by atoms with Gasteiger partial charge in [-0.05, 0) is 19.9 Å². The lowest BCUT2D eigenvalue weighted by atomic mass is 10.2. The van der Waals surface area contributed by atoms with Gasteiger partial charge in [-0.15, -0.1) is 0 Å². The first-order chi connectivity index (χ1) is 10.6. The molecule has 1 aliphatic rings. The molecule has 1 aliphatic heterocycles. The summed E-state index contributed by atoms with van der Waals surface area (Å²) < 4.78 is 7.60. The summed E-state index contributed by atoms with van der Waals surface area (Å²) in [5.41, 5.74) is 0.823. The highest BCUT2D eigenvalue weighted by Gasteiger charge is 2.26.